The van der Waals surface area contributed by atoms with Crippen LogP contribution in [0.5, 0.6) is 5.75 Å². The maximum atomic E-state index is 13.7. The summed E-state index contributed by atoms with van der Waals surface area (Å²) >= 11 is 0. The summed E-state index contributed by atoms with van der Waals surface area (Å²) in [5.74, 6) is -0.498. The topological polar surface area (TPSA) is 108 Å². The number of ether oxygens (including phenoxy) is 2. The summed E-state index contributed by atoms with van der Waals surface area (Å²) in [7, 11) is 3.01. The van der Waals surface area contributed by atoms with Gasteiger partial charge in [0.25, 0.3) is 0 Å². The molecule has 3 rings (SSSR count). The molecule has 35 heavy (non-hydrogen) atoms. The zero-order chi connectivity index (χ0) is 25.6. The molecule has 1 aromatic carbocycles. The Balaban J connectivity index is 1.77. The molecule has 10 nitrogen and oxygen atoms in total. The molecular weight excluding hydrogens is 452 g/mol. The van der Waals surface area contributed by atoms with Crippen LogP contribution in [-0.2, 0) is 29.3 Å². The van der Waals surface area contributed by atoms with Crippen LogP contribution >= 0.6 is 0 Å². The molecule has 0 radical (unpaired) electrons. The SMILES string of the molecule is COCCN1C(=O)C[C@@](CC(=O)N2CCN(CC(=O)NC(C)C)CC2)(c2ccccc2OC)C1=O. The van der Waals surface area contributed by atoms with Gasteiger partial charge >= 0.3 is 0 Å². The zero-order valence-electron chi connectivity index (χ0n) is 21.0. The minimum atomic E-state index is -1.33. The number of imide groups is 1. The van der Waals surface area contributed by atoms with E-state index in [2.05, 4.69) is 5.32 Å². The fraction of sp³-hybridized carbons (Fsp3) is 0.600. The highest BCUT2D eigenvalue weighted by Crippen LogP contribution is 2.44. The normalized spacial score (nSPS) is 21.1. The highest BCUT2D eigenvalue weighted by Gasteiger charge is 2.55. The molecule has 0 bridgehead atoms. The van der Waals surface area contributed by atoms with Gasteiger partial charge in [-0.1, -0.05) is 18.2 Å². The number of nitrogens with zero attached hydrogens (tertiary/aromatic N) is 3. The molecule has 0 unspecified atom stereocenters. The Hall–Kier alpha value is -2.98. The predicted molar refractivity (Wildman–Crippen MR) is 129 cm³/mol. The first-order valence-electron chi connectivity index (χ1n) is 12.0. The van der Waals surface area contributed by atoms with E-state index in [1.807, 2.05) is 18.7 Å². The van der Waals surface area contributed by atoms with Gasteiger partial charge in [-0.2, -0.15) is 0 Å². The molecule has 0 aliphatic carbocycles. The number of rotatable bonds is 10. The molecule has 2 fully saturated rings. The van der Waals surface area contributed by atoms with Gasteiger partial charge in [0, 0.05) is 57.7 Å². The van der Waals surface area contributed by atoms with Crippen LogP contribution in [0.15, 0.2) is 24.3 Å². The lowest BCUT2D eigenvalue weighted by atomic mass is 9.75. The molecule has 4 amide bonds. The molecule has 1 aromatic rings. The fourth-order valence-electron chi connectivity index (χ4n) is 4.79. The number of methoxy groups -OCH3 is 2. The van der Waals surface area contributed by atoms with E-state index in [9.17, 15) is 19.2 Å². The molecular formula is C25H36N4O6. The van der Waals surface area contributed by atoms with Gasteiger partial charge in [0.2, 0.25) is 23.6 Å². The van der Waals surface area contributed by atoms with Gasteiger partial charge in [-0.05, 0) is 19.9 Å². The number of amides is 4. The zero-order valence-corrected chi connectivity index (χ0v) is 21.0. The third kappa shape index (κ3) is 5.99. The van der Waals surface area contributed by atoms with E-state index in [0.29, 0.717) is 37.5 Å². The van der Waals surface area contributed by atoms with Crippen LogP contribution in [0.4, 0.5) is 0 Å². The van der Waals surface area contributed by atoms with Crippen LogP contribution in [0.2, 0.25) is 0 Å². The van der Waals surface area contributed by atoms with Crippen molar-refractivity contribution in [2.24, 2.45) is 0 Å². The van der Waals surface area contributed by atoms with E-state index in [1.54, 1.807) is 29.2 Å². The molecule has 1 N–H and O–H groups in total. The Bertz CT molecular complexity index is 944. The van der Waals surface area contributed by atoms with Crippen molar-refractivity contribution in [2.75, 3.05) is 60.1 Å². The summed E-state index contributed by atoms with van der Waals surface area (Å²) < 4.78 is 10.6. The van der Waals surface area contributed by atoms with Crippen LogP contribution in [0.3, 0.4) is 0 Å². The van der Waals surface area contributed by atoms with Crippen LogP contribution < -0.4 is 10.1 Å². The van der Waals surface area contributed by atoms with Crippen LogP contribution in [-0.4, -0.2) is 104 Å². The number of carbonyl (C=O) groups is 4. The molecule has 2 aliphatic rings. The van der Waals surface area contributed by atoms with Crippen molar-refractivity contribution in [3.63, 3.8) is 0 Å². The number of benzene rings is 1. The lowest BCUT2D eigenvalue weighted by molar-refractivity contribution is -0.143. The number of para-hydroxylation sites is 1. The number of hydrogen-bond donors (Lipinski definition) is 1. The summed E-state index contributed by atoms with van der Waals surface area (Å²) in [6.07, 6.45) is -0.230. The van der Waals surface area contributed by atoms with Crippen molar-refractivity contribution in [2.45, 2.75) is 38.1 Å². The Morgan fingerprint density at radius 2 is 1.77 bits per heavy atom. The quantitative estimate of drug-likeness (QED) is 0.475. The van der Waals surface area contributed by atoms with Gasteiger partial charge in [-0.15, -0.1) is 0 Å². The second kappa shape index (κ2) is 11.6. The lowest BCUT2D eigenvalue weighted by Gasteiger charge is -2.36. The number of nitrogens with one attached hydrogen (secondary N) is 1. The standard InChI is InChI=1S/C25H36N4O6/c1-18(2)26-21(30)17-27-9-11-28(12-10-27)22(31)15-25(19-7-5-6-8-20(19)35-4)16-23(32)29(24(25)33)13-14-34-3/h5-8,18H,9-17H2,1-4H3,(H,26,30)/t25-/m0/s1. The second-order valence-corrected chi connectivity index (χ2v) is 9.36. The highest BCUT2D eigenvalue weighted by molar-refractivity contribution is 6.11. The lowest BCUT2D eigenvalue weighted by Crippen LogP contribution is -2.53. The van der Waals surface area contributed by atoms with Gasteiger partial charge in [0.1, 0.15) is 5.75 Å². The van der Waals surface area contributed by atoms with Crippen molar-refractivity contribution in [1.82, 2.24) is 20.0 Å². The minimum Gasteiger partial charge on any atom is -0.496 e. The van der Waals surface area contributed by atoms with E-state index in [-0.39, 0.29) is 56.3 Å². The number of likely N-dealkylation sites (tertiary alicyclic amines) is 1. The van der Waals surface area contributed by atoms with E-state index in [1.165, 1.54) is 19.1 Å². The Morgan fingerprint density at radius 3 is 2.40 bits per heavy atom. The van der Waals surface area contributed by atoms with E-state index in [0.717, 1.165) is 0 Å². The summed E-state index contributed by atoms with van der Waals surface area (Å²) in [6.45, 7) is 6.49. The van der Waals surface area contributed by atoms with Gasteiger partial charge < -0.3 is 19.7 Å². The molecule has 2 aliphatic heterocycles. The largest absolute Gasteiger partial charge is 0.496 e. The number of piperazine rings is 1. The molecule has 1 atom stereocenters. The summed E-state index contributed by atoms with van der Waals surface area (Å²) in [5.41, 5.74) is -0.791. The molecule has 0 aromatic heterocycles. The third-order valence-corrected chi connectivity index (χ3v) is 6.55. The third-order valence-electron chi connectivity index (χ3n) is 6.55. The molecule has 192 valence electrons. The monoisotopic (exact) mass is 488 g/mol. The first-order valence-corrected chi connectivity index (χ1v) is 12.0. The van der Waals surface area contributed by atoms with Gasteiger partial charge in [-0.25, -0.2) is 0 Å². The van der Waals surface area contributed by atoms with E-state index >= 15 is 0 Å². The van der Waals surface area contributed by atoms with Crippen molar-refractivity contribution < 1.29 is 28.7 Å². The minimum absolute atomic E-state index is 0.0406. The molecule has 0 saturated carbocycles. The van der Waals surface area contributed by atoms with Crippen molar-refractivity contribution in [3.8, 4) is 5.75 Å². The molecule has 2 heterocycles. The van der Waals surface area contributed by atoms with Gasteiger partial charge in [0.05, 0.1) is 32.2 Å². The average Bonchev–Trinajstić information content (AvgIpc) is 3.06. The maximum absolute atomic E-state index is 13.7. The maximum Gasteiger partial charge on any atom is 0.241 e. The molecule has 0 spiro atoms. The van der Waals surface area contributed by atoms with E-state index in [4.69, 9.17) is 9.47 Å². The Labute approximate surface area is 206 Å². The van der Waals surface area contributed by atoms with E-state index < -0.39 is 11.3 Å². The summed E-state index contributed by atoms with van der Waals surface area (Å²) in [6, 6.07) is 7.13. The fourth-order valence-corrected chi connectivity index (χ4v) is 4.79. The van der Waals surface area contributed by atoms with Crippen LogP contribution in [0, 0.1) is 0 Å². The number of hydrogen-bond acceptors (Lipinski definition) is 7. The highest BCUT2D eigenvalue weighted by atomic mass is 16.5. The van der Waals surface area contributed by atoms with Crippen molar-refractivity contribution >= 4 is 23.6 Å². The first kappa shape index (κ1) is 26.6. The second-order valence-electron chi connectivity index (χ2n) is 9.36. The smallest absolute Gasteiger partial charge is 0.241 e. The predicted octanol–water partition coefficient (Wildman–Crippen LogP) is 0.397. The number of carbonyl (C=O) groups excluding carboxylic acids is 4. The summed E-state index contributed by atoms with van der Waals surface area (Å²) in [4.78, 5) is 57.0. The van der Waals surface area contributed by atoms with Gasteiger partial charge in [-0.3, -0.25) is 29.0 Å². The van der Waals surface area contributed by atoms with Crippen LogP contribution in [0.1, 0.15) is 32.3 Å². The van der Waals surface area contributed by atoms with Crippen LogP contribution in [0.25, 0.3) is 0 Å². The average molecular weight is 489 g/mol. The molecule has 10 heteroatoms. The Morgan fingerprint density at radius 1 is 1.09 bits per heavy atom. The van der Waals surface area contributed by atoms with Gasteiger partial charge in [0.15, 0.2) is 0 Å². The first-order chi connectivity index (χ1) is 16.7. The Kier molecular flexibility index (Phi) is 8.85. The molecule has 2 saturated heterocycles. The summed E-state index contributed by atoms with van der Waals surface area (Å²) in [5, 5.41) is 2.88. The van der Waals surface area contributed by atoms with Crippen molar-refractivity contribution in [1.29, 1.82) is 0 Å². The van der Waals surface area contributed by atoms with Crippen molar-refractivity contribution in [3.05, 3.63) is 29.8 Å².